The summed E-state index contributed by atoms with van der Waals surface area (Å²) in [5, 5.41) is 4.91. The first-order valence-electron chi connectivity index (χ1n) is 8.15. The van der Waals surface area contributed by atoms with Crippen LogP contribution in [0.15, 0.2) is 35.7 Å². The Kier molecular flexibility index (Phi) is 4.94. The molecule has 2 heterocycles. The van der Waals surface area contributed by atoms with Crippen molar-refractivity contribution < 1.29 is 9.59 Å². The Labute approximate surface area is 151 Å². The number of hydrogen-bond acceptors (Lipinski definition) is 4. The Morgan fingerprint density at radius 2 is 2.12 bits per heavy atom. The first kappa shape index (κ1) is 17.3. The highest BCUT2D eigenvalue weighted by Crippen LogP contribution is 2.30. The molecule has 0 saturated carbocycles. The van der Waals surface area contributed by atoms with E-state index in [-0.39, 0.29) is 11.9 Å². The first-order chi connectivity index (χ1) is 11.9. The molecule has 132 valence electrons. The van der Waals surface area contributed by atoms with Crippen LogP contribution in [0.3, 0.4) is 0 Å². The maximum Gasteiger partial charge on any atom is 0.321 e. The van der Waals surface area contributed by atoms with Gasteiger partial charge in [0.25, 0.3) is 0 Å². The highest BCUT2D eigenvalue weighted by atomic mass is 32.1. The maximum absolute atomic E-state index is 12.4. The summed E-state index contributed by atoms with van der Waals surface area (Å²) in [6, 6.07) is 9.54. The smallest absolute Gasteiger partial charge is 0.321 e. The van der Waals surface area contributed by atoms with E-state index in [9.17, 15) is 9.59 Å². The molecule has 0 bridgehead atoms. The molecule has 6 nitrogen and oxygen atoms in total. The van der Waals surface area contributed by atoms with E-state index in [1.165, 1.54) is 0 Å². The van der Waals surface area contributed by atoms with Crippen molar-refractivity contribution in [3.63, 3.8) is 0 Å². The van der Waals surface area contributed by atoms with Crippen molar-refractivity contribution >= 4 is 34.6 Å². The lowest BCUT2D eigenvalue weighted by Gasteiger charge is -2.40. The molecule has 3 N–H and O–H groups in total. The molecule has 0 radical (unpaired) electrons. The van der Waals surface area contributed by atoms with Crippen LogP contribution in [-0.4, -0.2) is 48.4 Å². The molecule has 1 aromatic carbocycles. The van der Waals surface area contributed by atoms with Crippen LogP contribution in [0.4, 0.5) is 16.2 Å². The minimum absolute atomic E-state index is 0.0427. The normalized spacial score (nSPS) is 14.1. The Morgan fingerprint density at radius 3 is 2.76 bits per heavy atom. The predicted octanol–water partition coefficient (Wildman–Crippen LogP) is 2.94. The SMILES string of the molecule is CC(=O)N(C)CC1CN(C(=O)Nc2cc(-c3cccs3)ccc2N)C1. The second kappa shape index (κ2) is 7.14. The monoisotopic (exact) mass is 358 g/mol. The molecule has 0 unspecified atom stereocenters. The number of nitrogen functional groups attached to an aromatic ring is 1. The van der Waals surface area contributed by atoms with Crippen LogP contribution in [-0.2, 0) is 4.79 Å². The van der Waals surface area contributed by atoms with Crippen molar-refractivity contribution in [3.05, 3.63) is 35.7 Å². The fourth-order valence-electron chi connectivity index (χ4n) is 2.82. The van der Waals surface area contributed by atoms with Crippen LogP contribution >= 0.6 is 11.3 Å². The summed E-state index contributed by atoms with van der Waals surface area (Å²) in [4.78, 5) is 28.2. The lowest BCUT2D eigenvalue weighted by Crippen LogP contribution is -2.55. The van der Waals surface area contributed by atoms with Gasteiger partial charge < -0.3 is 20.9 Å². The number of rotatable bonds is 4. The Bertz CT molecular complexity index is 769. The summed E-state index contributed by atoms with van der Waals surface area (Å²) < 4.78 is 0. The number of hydrogen-bond donors (Lipinski definition) is 2. The standard InChI is InChI=1S/C18H22N4O2S/c1-12(23)21(2)9-13-10-22(11-13)18(24)20-16-8-14(5-6-15(16)19)17-4-3-7-25-17/h3-8,13H,9-11,19H2,1-2H3,(H,20,24). The minimum Gasteiger partial charge on any atom is -0.397 e. The highest BCUT2D eigenvalue weighted by molar-refractivity contribution is 7.13. The van der Waals surface area contributed by atoms with E-state index in [0.29, 0.717) is 36.9 Å². The highest BCUT2D eigenvalue weighted by Gasteiger charge is 2.32. The molecule has 7 heteroatoms. The number of nitrogens with zero attached hydrogens (tertiary/aromatic N) is 2. The third-order valence-corrected chi connectivity index (χ3v) is 5.33. The molecule has 1 aliphatic heterocycles. The largest absolute Gasteiger partial charge is 0.397 e. The average molecular weight is 358 g/mol. The third-order valence-electron chi connectivity index (χ3n) is 4.41. The van der Waals surface area contributed by atoms with Crippen LogP contribution in [0.2, 0.25) is 0 Å². The van der Waals surface area contributed by atoms with Gasteiger partial charge >= 0.3 is 6.03 Å². The van der Waals surface area contributed by atoms with E-state index >= 15 is 0 Å². The topological polar surface area (TPSA) is 78.7 Å². The molecular weight excluding hydrogens is 336 g/mol. The molecule has 0 atom stereocenters. The number of thiophene rings is 1. The van der Waals surface area contributed by atoms with Crippen molar-refractivity contribution in [1.29, 1.82) is 0 Å². The van der Waals surface area contributed by atoms with Gasteiger partial charge in [-0.15, -0.1) is 11.3 Å². The van der Waals surface area contributed by atoms with Gasteiger partial charge in [0, 0.05) is 44.4 Å². The fraction of sp³-hybridized carbons (Fsp3) is 0.333. The summed E-state index contributed by atoms with van der Waals surface area (Å²) in [5.41, 5.74) is 8.20. The van der Waals surface area contributed by atoms with Gasteiger partial charge in [0.2, 0.25) is 5.91 Å². The second-order valence-corrected chi connectivity index (χ2v) is 7.33. The zero-order valence-corrected chi connectivity index (χ0v) is 15.2. The molecule has 3 rings (SSSR count). The number of nitrogens with one attached hydrogen (secondary N) is 1. The maximum atomic E-state index is 12.4. The van der Waals surface area contributed by atoms with E-state index in [2.05, 4.69) is 5.32 Å². The van der Waals surface area contributed by atoms with Crippen LogP contribution in [0, 0.1) is 5.92 Å². The third kappa shape index (κ3) is 3.93. The van der Waals surface area contributed by atoms with Gasteiger partial charge in [-0.2, -0.15) is 0 Å². The number of carbonyl (C=O) groups excluding carboxylic acids is 2. The van der Waals surface area contributed by atoms with Gasteiger partial charge in [-0.05, 0) is 29.1 Å². The number of carbonyl (C=O) groups is 2. The molecule has 3 amide bonds. The number of nitrogens with two attached hydrogens (primary N) is 1. The summed E-state index contributed by atoms with van der Waals surface area (Å²) in [6.45, 7) is 3.52. The molecule has 1 aliphatic rings. The van der Waals surface area contributed by atoms with Crippen molar-refractivity contribution in [2.24, 2.45) is 5.92 Å². The number of benzene rings is 1. The van der Waals surface area contributed by atoms with Gasteiger partial charge in [0.1, 0.15) is 0 Å². The lowest BCUT2D eigenvalue weighted by atomic mass is 10.0. The summed E-state index contributed by atoms with van der Waals surface area (Å²) in [7, 11) is 1.78. The zero-order chi connectivity index (χ0) is 18.0. The first-order valence-corrected chi connectivity index (χ1v) is 9.03. The summed E-state index contributed by atoms with van der Waals surface area (Å²) in [5.74, 6) is 0.371. The van der Waals surface area contributed by atoms with Gasteiger partial charge in [0.05, 0.1) is 11.4 Å². The van der Waals surface area contributed by atoms with Gasteiger partial charge in [-0.1, -0.05) is 12.1 Å². The van der Waals surface area contributed by atoms with Crippen molar-refractivity contribution in [2.45, 2.75) is 6.92 Å². The molecule has 1 aromatic heterocycles. The molecule has 0 spiro atoms. The molecule has 25 heavy (non-hydrogen) atoms. The fourth-order valence-corrected chi connectivity index (χ4v) is 3.55. The Balaban J connectivity index is 1.59. The van der Waals surface area contributed by atoms with E-state index in [4.69, 9.17) is 5.73 Å². The van der Waals surface area contributed by atoms with Gasteiger partial charge in [-0.3, -0.25) is 4.79 Å². The number of likely N-dealkylation sites (tertiary alicyclic amines) is 1. The van der Waals surface area contributed by atoms with Crippen molar-refractivity contribution in [3.8, 4) is 10.4 Å². The summed E-state index contributed by atoms with van der Waals surface area (Å²) in [6.07, 6.45) is 0. The van der Waals surface area contributed by atoms with E-state index in [1.54, 1.807) is 35.1 Å². The Hall–Kier alpha value is -2.54. The molecule has 2 aromatic rings. The second-order valence-electron chi connectivity index (χ2n) is 6.38. The minimum atomic E-state index is -0.156. The van der Waals surface area contributed by atoms with Crippen molar-refractivity contribution in [2.75, 3.05) is 37.7 Å². The van der Waals surface area contributed by atoms with Crippen LogP contribution in [0.25, 0.3) is 10.4 Å². The zero-order valence-electron chi connectivity index (χ0n) is 14.4. The molecular formula is C18H22N4O2S. The average Bonchev–Trinajstić information content (AvgIpc) is 3.06. The summed E-state index contributed by atoms with van der Waals surface area (Å²) >= 11 is 1.64. The predicted molar refractivity (Wildman–Crippen MR) is 102 cm³/mol. The van der Waals surface area contributed by atoms with Crippen LogP contribution < -0.4 is 11.1 Å². The van der Waals surface area contributed by atoms with Gasteiger partial charge in [-0.25, -0.2) is 4.79 Å². The number of anilines is 2. The van der Waals surface area contributed by atoms with E-state index in [0.717, 1.165) is 10.4 Å². The quantitative estimate of drug-likeness (QED) is 0.825. The molecule has 1 fully saturated rings. The Morgan fingerprint density at radius 1 is 1.36 bits per heavy atom. The van der Waals surface area contributed by atoms with Gasteiger partial charge in [0.15, 0.2) is 0 Å². The lowest BCUT2D eigenvalue weighted by molar-refractivity contribution is -0.128. The van der Waals surface area contributed by atoms with Crippen LogP contribution in [0.5, 0.6) is 0 Å². The van der Waals surface area contributed by atoms with Crippen molar-refractivity contribution in [1.82, 2.24) is 9.80 Å². The molecule has 1 saturated heterocycles. The van der Waals surface area contributed by atoms with E-state index in [1.807, 2.05) is 35.7 Å². The number of urea groups is 1. The molecule has 0 aliphatic carbocycles. The number of amides is 3. The van der Waals surface area contributed by atoms with Crippen LogP contribution in [0.1, 0.15) is 6.92 Å². The van der Waals surface area contributed by atoms with E-state index < -0.39 is 0 Å².